The number of methoxy groups -OCH3 is 1. The minimum absolute atomic E-state index is 0.0518. The Kier molecular flexibility index (Phi) is 19.8. The molecule has 334 valence electrons. The lowest BCUT2D eigenvalue weighted by Gasteiger charge is -2.30. The summed E-state index contributed by atoms with van der Waals surface area (Å²) in [4.78, 5) is 58.5. The highest BCUT2D eigenvalue weighted by Crippen LogP contribution is 2.48. The Morgan fingerprint density at radius 2 is 1.29 bits per heavy atom. The highest BCUT2D eigenvalue weighted by molar-refractivity contribution is 7.47. The molecule has 2 aliphatic rings. The maximum absolute atomic E-state index is 16.3. The summed E-state index contributed by atoms with van der Waals surface area (Å²) in [6, 6.07) is 2.59. The fourth-order valence-corrected chi connectivity index (χ4v) is 8.37. The number of phosphoric acid groups is 1. The number of amides is 1. The molecular formula is C39H64F2N7O10P. The van der Waals surface area contributed by atoms with Crippen molar-refractivity contribution in [1.29, 1.82) is 0 Å². The van der Waals surface area contributed by atoms with E-state index in [2.05, 4.69) is 21.4 Å². The van der Waals surface area contributed by atoms with E-state index in [9.17, 15) is 23.8 Å². The lowest BCUT2D eigenvalue weighted by molar-refractivity contribution is -0.136. The molecule has 0 bridgehead atoms. The summed E-state index contributed by atoms with van der Waals surface area (Å²) in [5, 5.41) is 0. The lowest BCUT2D eigenvalue weighted by atomic mass is 9.94. The van der Waals surface area contributed by atoms with Crippen molar-refractivity contribution in [2.75, 3.05) is 45.4 Å². The number of halogens is 2. The van der Waals surface area contributed by atoms with Crippen LogP contribution in [0.2, 0.25) is 0 Å². The summed E-state index contributed by atoms with van der Waals surface area (Å²) in [6.45, 7) is 1.93. The third-order valence-electron chi connectivity index (χ3n) is 11.0. The van der Waals surface area contributed by atoms with E-state index < -0.39 is 80.6 Å². The monoisotopic (exact) mass is 859 g/mol. The van der Waals surface area contributed by atoms with Crippen LogP contribution in [0.4, 0.5) is 20.4 Å². The molecule has 59 heavy (non-hydrogen) atoms. The zero-order chi connectivity index (χ0) is 43.0. The van der Waals surface area contributed by atoms with Gasteiger partial charge in [0, 0.05) is 52.0 Å². The van der Waals surface area contributed by atoms with Gasteiger partial charge in [-0.15, -0.1) is 0 Å². The van der Waals surface area contributed by atoms with Crippen LogP contribution in [-0.4, -0.2) is 99.4 Å². The molecule has 0 saturated carbocycles. The zero-order valence-electron chi connectivity index (χ0n) is 34.6. The number of phosphoric ester groups is 1. The van der Waals surface area contributed by atoms with Gasteiger partial charge in [-0.2, -0.15) is 9.97 Å². The van der Waals surface area contributed by atoms with Crippen molar-refractivity contribution in [2.45, 2.75) is 153 Å². The first-order valence-corrected chi connectivity index (χ1v) is 22.4. The number of hydrogen-bond acceptors (Lipinski definition) is 13. The predicted octanol–water partition coefficient (Wildman–Crippen LogP) is 5.62. The van der Waals surface area contributed by atoms with Crippen molar-refractivity contribution in [3.8, 4) is 0 Å². The number of ether oxygens (including phenoxy) is 3. The number of alkyl halides is 2. The molecule has 4 rings (SSSR count). The highest BCUT2D eigenvalue weighted by Gasteiger charge is 2.52. The minimum atomic E-state index is -4.81. The number of carbonyl (C=O) groups excluding carboxylic acids is 1. The van der Waals surface area contributed by atoms with Gasteiger partial charge >= 0.3 is 19.2 Å². The van der Waals surface area contributed by atoms with Crippen LogP contribution in [0.25, 0.3) is 0 Å². The normalized spacial score (nSPS) is 25.3. The van der Waals surface area contributed by atoms with Crippen LogP contribution in [0.3, 0.4) is 0 Å². The van der Waals surface area contributed by atoms with Crippen LogP contribution in [-0.2, 0) is 32.6 Å². The van der Waals surface area contributed by atoms with Crippen molar-refractivity contribution < 1.29 is 46.3 Å². The van der Waals surface area contributed by atoms with E-state index in [0.717, 1.165) is 48.3 Å². The van der Waals surface area contributed by atoms with E-state index in [1.54, 1.807) is 0 Å². The second-order valence-corrected chi connectivity index (χ2v) is 17.0. The lowest BCUT2D eigenvalue weighted by Crippen LogP contribution is -2.45. The van der Waals surface area contributed by atoms with Crippen LogP contribution in [0, 0.1) is 5.92 Å². The van der Waals surface area contributed by atoms with Gasteiger partial charge < -0.3 is 35.5 Å². The first-order chi connectivity index (χ1) is 28.3. The standard InChI is InChI=1S/C39H64F2N7O10P/c1-4-5-6-7-8-9-10-11-12-13-14-15-16-17-18-21-46(32(49)24-27-29(26-54-2)57-36(33(27)40)47-22-19-30(42)44-38(47)50)25-28-35(58-59(52,53)55-3)34(41)37(56-28)48-23-20-31(43)45-39(48)51/h19-20,22-23,27-29,33-37H,4-18,21,24-26H2,1-3H3,(H,52,53)(H2,42,44,50)(H2,43,45,51)/t27-,28-,29-,33-,34-,35-,36-,37-/m1/s1. The van der Waals surface area contributed by atoms with Gasteiger partial charge in [0.15, 0.2) is 24.8 Å². The summed E-state index contributed by atoms with van der Waals surface area (Å²) in [6.07, 6.45) is 7.84. The Labute approximate surface area is 344 Å². The Morgan fingerprint density at radius 1 is 0.814 bits per heavy atom. The van der Waals surface area contributed by atoms with Gasteiger partial charge in [-0.1, -0.05) is 96.8 Å². The Bertz CT molecular complexity index is 1760. The van der Waals surface area contributed by atoms with Gasteiger partial charge in [0.2, 0.25) is 5.91 Å². The molecule has 0 spiro atoms. The first kappa shape index (κ1) is 48.3. The summed E-state index contributed by atoms with van der Waals surface area (Å²) in [5.74, 6) is -1.80. The van der Waals surface area contributed by atoms with E-state index in [1.807, 2.05) is 0 Å². The average molecular weight is 860 g/mol. The molecule has 5 N–H and O–H groups in total. The number of hydrogen-bond donors (Lipinski definition) is 3. The Balaban J connectivity index is 1.45. The van der Waals surface area contributed by atoms with Crippen molar-refractivity contribution >= 4 is 25.4 Å². The smallest absolute Gasteiger partial charge is 0.383 e. The largest absolute Gasteiger partial charge is 0.472 e. The SMILES string of the molecule is CCCCCCCCCCCCCCCCCN(C[C@H]1O[C@@H](n2ccc(N)nc2=O)[C@H](F)[C@@H]1OP(=O)(O)OC)C(=O)C[C@H]1[C@@H](F)[C@H](n2ccc(N)nc2=O)O[C@@H]1COC. The summed E-state index contributed by atoms with van der Waals surface area (Å²) >= 11 is 0. The van der Waals surface area contributed by atoms with Crippen LogP contribution in [0.15, 0.2) is 34.1 Å². The van der Waals surface area contributed by atoms with Gasteiger partial charge in [-0.25, -0.2) is 22.9 Å². The molecule has 1 unspecified atom stereocenters. The van der Waals surface area contributed by atoms with E-state index in [4.69, 9.17) is 30.2 Å². The van der Waals surface area contributed by atoms with Gasteiger partial charge in [0.25, 0.3) is 0 Å². The van der Waals surface area contributed by atoms with E-state index >= 15 is 8.78 Å². The third-order valence-corrected chi connectivity index (χ3v) is 12.0. The van der Waals surface area contributed by atoms with Crippen LogP contribution in [0.1, 0.15) is 122 Å². The average Bonchev–Trinajstić information content (AvgIpc) is 3.65. The molecule has 17 nitrogen and oxygen atoms in total. The molecule has 4 heterocycles. The number of anilines is 2. The van der Waals surface area contributed by atoms with Gasteiger partial charge in [-0.05, 0) is 18.6 Å². The van der Waals surface area contributed by atoms with Crippen LogP contribution >= 0.6 is 7.82 Å². The maximum Gasteiger partial charge on any atom is 0.472 e. The molecule has 2 aromatic rings. The van der Waals surface area contributed by atoms with Crippen LogP contribution in [0.5, 0.6) is 0 Å². The fraction of sp³-hybridized carbons (Fsp3) is 0.769. The molecular weight excluding hydrogens is 795 g/mol. The molecule has 2 aliphatic heterocycles. The van der Waals surface area contributed by atoms with Crippen molar-refractivity contribution in [2.24, 2.45) is 5.92 Å². The highest BCUT2D eigenvalue weighted by atomic mass is 31.2. The maximum atomic E-state index is 16.3. The molecule has 0 aliphatic carbocycles. The van der Waals surface area contributed by atoms with E-state index in [0.29, 0.717) is 6.42 Å². The minimum Gasteiger partial charge on any atom is -0.383 e. The second kappa shape index (κ2) is 24.2. The fourth-order valence-electron chi connectivity index (χ4n) is 7.73. The number of nitrogens with two attached hydrogens (primary N) is 2. The number of carbonyl (C=O) groups is 1. The van der Waals surface area contributed by atoms with Gasteiger partial charge in [0.05, 0.1) is 12.7 Å². The quantitative estimate of drug-likeness (QED) is 0.0733. The number of aromatic nitrogens is 4. The summed E-state index contributed by atoms with van der Waals surface area (Å²) < 4.78 is 73.8. The number of nitrogens with zero attached hydrogens (tertiary/aromatic N) is 5. The molecule has 2 aromatic heterocycles. The number of nitrogen functional groups attached to an aromatic ring is 2. The van der Waals surface area contributed by atoms with Crippen molar-refractivity contribution in [3.05, 3.63) is 45.5 Å². The summed E-state index contributed by atoms with van der Waals surface area (Å²) in [7, 11) is -2.51. The molecule has 9 atom stereocenters. The Morgan fingerprint density at radius 3 is 1.76 bits per heavy atom. The topological polar surface area (TPSA) is 226 Å². The van der Waals surface area contributed by atoms with Gasteiger partial charge in [-0.3, -0.25) is 23.0 Å². The second-order valence-electron chi connectivity index (χ2n) is 15.4. The number of rotatable bonds is 27. The molecule has 20 heteroatoms. The predicted molar refractivity (Wildman–Crippen MR) is 217 cm³/mol. The van der Waals surface area contributed by atoms with E-state index in [-0.39, 0.29) is 31.3 Å². The first-order valence-electron chi connectivity index (χ1n) is 20.9. The van der Waals surface area contributed by atoms with E-state index in [1.165, 1.54) is 94.3 Å². The molecule has 2 fully saturated rings. The zero-order valence-corrected chi connectivity index (χ0v) is 35.5. The Hall–Kier alpha value is -3.32. The molecule has 1 amide bonds. The van der Waals surface area contributed by atoms with Crippen molar-refractivity contribution in [3.63, 3.8) is 0 Å². The summed E-state index contributed by atoms with van der Waals surface area (Å²) in [5.41, 5.74) is 9.48. The third kappa shape index (κ3) is 14.4. The van der Waals surface area contributed by atoms with Crippen LogP contribution < -0.4 is 22.8 Å². The molecule has 0 radical (unpaired) electrons. The van der Waals surface area contributed by atoms with Gasteiger partial charge in [0.1, 0.15) is 23.8 Å². The molecule has 0 aromatic carbocycles. The molecule has 2 saturated heterocycles. The van der Waals surface area contributed by atoms with Crippen molar-refractivity contribution in [1.82, 2.24) is 24.0 Å². The number of unbranched alkanes of at least 4 members (excludes halogenated alkanes) is 14.